The summed E-state index contributed by atoms with van der Waals surface area (Å²) in [4.78, 5) is 4.96. The Hall–Kier alpha value is -1.98. The van der Waals surface area contributed by atoms with Crippen molar-refractivity contribution in [3.05, 3.63) is 71.8 Å². The third-order valence-corrected chi connectivity index (χ3v) is 6.99. The van der Waals surface area contributed by atoms with E-state index in [1.54, 1.807) is 0 Å². The summed E-state index contributed by atoms with van der Waals surface area (Å²) in [5, 5.41) is 7.02. The van der Waals surface area contributed by atoms with Crippen molar-refractivity contribution in [3.63, 3.8) is 0 Å². The molecule has 1 fully saturated rings. The van der Waals surface area contributed by atoms with Gasteiger partial charge in [0.25, 0.3) is 0 Å². The van der Waals surface area contributed by atoms with Crippen LogP contribution in [-0.4, -0.2) is 49.8 Å². The van der Waals surface area contributed by atoms with Gasteiger partial charge in [-0.1, -0.05) is 60.7 Å². The Bertz CT molecular complexity index is 706. The first-order valence-corrected chi connectivity index (χ1v) is 11.7. The maximum absolute atomic E-state index is 5.56. The molecule has 3 rings (SSSR count). The Morgan fingerprint density at radius 2 is 1.59 bits per heavy atom. The van der Waals surface area contributed by atoms with Crippen LogP contribution >= 0.6 is 11.8 Å². The number of hydrogen-bond acceptors (Lipinski definition) is 3. The molecule has 29 heavy (non-hydrogen) atoms. The van der Waals surface area contributed by atoms with Gasteiger partial charge in [-0.15, -0.1) is 0 Å². The molecule has 5 heteroatoms. The van der Waals surface area contributed by atoms with Gasteiger partial charge in [0.05, 0.1) is 6.54 Å². The number of hydrogen-bond donors (Lipinski definition) is 2. The van der Waals surface area contributed by atoms with Crippen LogP contribution in [0.1, 0.15) is 36.8 Å². The Kier molecular flexibility index (Phi) is 8.44. The number of nitrogens with zero attached hydrogens (tertiary/aromatic N) is 1. The summed E-state index contributed by atoms with van der Waals surface area (Å²) >= 11 is 1.93. The predicted octanol–water partition coefficient (Wildman–Crippen LogP) is 4.29. The molecule has 0 spiro atoms. The van der Waals surface area contributed by atoms with Crippen LogP contribution in [0, 0.1) is 0 Å². The second kappa shape index (κ2) is 11.3. The van der Waals surface area contributed by atoms with Crippen molar-refractivity contribution in [2.45, 2.75) is 30.4 Å². The van der Waals surface area contributed by atoms with Crippen LogP contribution in [0.5, 0.6) is 0 Å². The van der Waals surface area contributed by atoms with Gasteiger partial charge in [-0.05, 0) is 37.1 Å². The standard InChI is InChI=1S/C24H33N3OS/c1-3-25-23(27-19-24(29-2)14-16-28-17-15-24)26-18-22(20-10-6-4-7-11-20)21-12-8-5-9-13-21/h4-13,22H,3,14-19H2,1-2H3,(H2,25,26,27). The first-order valence-electron chi connectivity index (χ1n) is 10.5. The smallest absolute Gasteiger partial charge is 0.191 e. The van der Waals surface area contributed by atoms with Crippen molar-refractivity contribution in [2.24, 2.45) is 4.99 Å². The topological polar surface area (TPSA) is 45.7 Å². The summed E-state index contributed by atoms with van der Waals surface area (Å²) in [6.07, 6.45) is 4.32. The van der Waals surface area contributed by atoms with Gasteiger partial charge in [-0.25, -0.2) is 0 Å². The van der Waals surface area contributed by atoms with E-state index in [4.69, 9.17) is 9.73 Å². The maximum atomic E-state index is 5.56. The van der Waals surface area contributed by atoms with Crippen molar-refractivity contribution < 1.29 is 4.74 Å². The molecule has 156 valence electrons. The van der Waals surface area contributed by atoms with Gasteiger partial charge in [-0.3, -0.25) is 4.99 Å². The molecule has 0 atom stereocenters. The second-order valence-corrected chi connectivity index (χ2v) is 8.72. The fourth-order valence-electron chi connectivity index (χ4n) is 3.73. The predicted molar refractivity (Wildman–Crippen MR) is 125 cm³/mol. The van der Waals surface area contributed by atoms with E-state index < -0.39 is 0 Å². The number of benzene rings is 2. The molecule has 0 aromatic heterocycles. The summed E-state index contributed by atoms with van der Waals surface area (Å²) in [7, 11) is 0. The highest BCUT2D eigenvalue weighted by Gasteiger charge is 2.31. The molecule has 0 amide bonds. The number of rotatable bonds is 8. The Labute approximate surface area is 179 Å². The summed E-state index contributed by atoms with van der Waals surface area (Å²) in [5.74, 6) is 1.17. The largest absolute Gasteiger partial charge is 0.381 e. The minimum Gasteiger partial charge on any atom is -0.381 e. The van der Waals surface area contributed by atoms with Gasteiger partial charge < -0.3 is 15.4 Å². The second-order valence-electron chi connectivity index (χ2n) is 7.45. The van der Waals surface area contributed by atoms with Crippen LogP contribution in [0.25, 0.3) is 0 Å². The van der Waals surface area contributed by atoms with E-state index in [1.807, 2.05) is 11.8 Å². The fraction of sp³-hybridized carbons (Fsp3) is 0.458. The summed E-state index contributed by atoms with van der Waals surface area (Å²) in [5.41, 5.74) is 2.62. The molecular formula is C24H33N3OS. The van der Waals surface area contributed by atoms with E-state index in [1.165, 1.54) is 11.1 Å². The number of nitrogens with one attached hydrogen (secondary N) is 2. The molecule has 2 N–H and O–H groups in total. The minimum atomic E-state index is 0.193. The highest BCUT2D eigenvalue weighted by Crippen LogP contribution is 2.34. The Morgan fingerprint density at radius 1 is 1.00 bits per heavy atom. The quantitative estimate of drug-likeness (QED) is 0.503. The van der Waals surface area contributed by atoms with Crippen LogP contribution in [-0.2, 0) is 4.74 Å². The maximum Gasteiger partial charge on any atom is 0.191 e. The highest BCUT2D eigenvalue weighted by atomic mass is 32.2. The highest BCUT2D eigenvalue weighted by molar-refractivity contribution is 8.00. The number of guanidine groups is 1. The first kappa shape index (κ1) is 21.7. The molecule has 0 radical (unpaired) electrons. The van der Waals surface area contributed by atoms with Crippen LogP contribution in [0.3, 0.4) is 0 Å². The number of thioether (sulfide) groups is 1. The molecule has 0 aliphatic carbocycles. The van der Waals surface area contributed by atoms with Gasteiger partial charge in [-0.2, -0.15) is 11.8 Å². The molecule has 4 nitrogen and oxygen atoms in total. The zero-order valence-corrected chi connectivity index (χ0v) is 18.4. The van der Waals surface area contributed by atoms with Crippen molar-refractivity contribution >= 4 is 17.7 Å². The summed E-state index contributed by atoms with van der Waals surface area (Å²) in [6, 6.07) is 21.4. The Balaban J connectivity index is 1.72. The van der Waals surface area contributed by atoms with E-state index >= 15 is 0 Å². The van der Waals surface area contributed by atoms with E-state index in [2.05, 4.69) is 84.5 Å². The average Bonchev–Trinajstić information content (AvgIpc) is 2.79. The third kappa shape index (κ3) is 6.25. The van der Waals surface area contributed by atoms with Crippen molar-refractivity contribution in [1.82, 2.24) is 10.6 Å². The van der Waals surface area contributed by atoms with Crippen LogP contribution < -0.4 is 10.6 Å². The molecule has 1 aliphatic rings. The molecule has 2 aromatic carbocycles. The lowest BCUT2D eigenvalue weighted by Gasteiger charge is -2.34. The molecule has 0 unspecified atom stereocenters. The van der Waals surface area contributed by atoms with Gasteiger partial charge in [0, 0.05) is 37.0 Å². The first-order chi connectivity index (χ1) is 14.3. The van der Waals surface area contributed by atoms with Crippen LogP contribution in [0.15, 0.2) is 65.7 Å². The minimum absolute atomic E-state index is 0.193. The van der Waals surface area contributed by atoms with Gasteiger partial charge in [0.2, 0.25) is 0 Å². The average molecular weight is 412 g/mol. The van der Waals surface area contributed by atoms with Crippen molar-refractivity contribution in [3.8, 4) is 0 Å². The molecule has 1 saturated heterocycles. The zero-order valence-electron chi connectivity index (χ0n) is 17.6. The number of aliphatic imine (C=N–C) groups is 1. The molecule has 0 bridgehead atoms. The number of ether oxygens (including phenoxy) is 1. The summed E-state index contributed by atoms with van der Waals surface area (Å²) in [6.45, 7) is 6.25. The van der Waals surface area contributed by atoms with E-state index in [9.17, 15) is 0 Å². The third-order valence-electron chi connectivity index (χ3n) is 5.58. The van der Waals surface area contributed by atoms with E-state index in [-0.39, 0.29) is 10.7 Å². The monoisotopic (exact) mass is 411 g/mol. The molecule has 2 aromatic rings. The molecule has 1 aliphatic heterocycles. The normalized spacial score (nSPS) is 16.6. The zero-order chi connectivity index (χ0) is 20.4. The molecular weight excluding hydrogens is 378 g/mol. The van der Waals surface area contributed by atoms with Gasteiger partial charge in [0.1, 0.15) is 0 Å². The summed E-state index contributed by atoms with van der Waals surface area (Å²) < 4.78 is 5.76. The lowest BCUT2D eigenvalue weighted by Crippen LogP contribution is -2.42. The lowest BCUT2D eigenvalue weighted by molar-refractivity contribution is 0.0794. The van der Waals surface area contributed by atoms with Gasteiger partial charge >= 0.3 is 0 Å². The van der Waals surface area contributed by atoms with E-state index in [0.717, 1.165) is 51.6 Å². The van der Waals surface area contributed by atoms with Crippen molar-refractivity contribution in [2.75, 3.05) is 39.1 Å². The molecule has 0 saturated carbocycles. The van der Waals surface area contributed by atoms with E-state index in [0.29, 0.717) is 0 Å². The van der Waals surface area contributed by atoms with Gasteiger partial charge in [0.15, 0.2) is 5.96 Å². The SMILES string of the molecule is CCNC(=NCC1(SC)CCOCC1)NCC(c1ccccc1)c1ccccc1. The van der Waals surface area contributed by atoms with Crippen molar-refractivity contribution in [1.29, 1.82) is 0 Å². The Morgan fingerprint density at radius 3 is 2.10 bits per heavy atom. The van der Waals surface area contributed by atoms with Crippen LogP contribution in [0.2, 0.25) is 0 Å². The lowest BCUT2D eigenvalue weighted by atomic mass is 9.91. The molecule has 1 heterocycles. The fourth-order valence-corrected chi connectivity index (χ4v) is 4.50. The van der Waals surface area contributed by atoms with Crippen LogP contribution in [0.4, 0.5) is 0 Å².